The van der Waals surface area contributed by atoms with Crippen LogP contribution >= 0.6 is 0 Å². The maximum atomic E-state index is 12.5. The summed E-state index contributed by atoms with van der Waals surface area (Å²) in [6.45, 7) is 5.27. The van der Waals surface area contributed by atoms with E-state index in [4.69, 9.17) is 0 Å². The molecule has 0 aromatic carbocycles. The summed E-state index contributed by atoms with van der Waals surface area (Å²) in [4.78, 5) is 1.36. The van der Waals surface area contributed by atoms with Gasteiger partial charge < -0.3 is 5.11 Å². The molecular formula is C13H24F3NO. The lowest BCUT2D eigenvalue weighted by molar-refractivity contribution is -0.155. The fraction of sp³-hybridized carbons (Fsp3) is 1.00. The molecule has 0 aromatic heterocycles. The fourth-order valence-electron chi connectivity index (χ4n) is 3.02. The summed E-state index contributed by atoms with van der Waals surface area (Å²) in [6.07, 6.45) is -2.73. The van der Waals surface area contributed by atoms with Gasteiger partial charge in [0, 0.05) is 6.04 Å². The monoisotopic (exact) mass is 267 g/mol. The second-order valence-corrected chi connectivity index (χ2v) is 6.54. The fourth-order valence-corrected chi connectivity index (χ4v) is 3.02. The van der Waals surface area contributed by atoms with E-state index in [-0.39, 0.29) is 17.4 Å². The molecule has 1 rings (SSSR count). The summed E-state index contributed by atoms with van der Waals surface area (Å²) in [7, 11) is 1.51. The van der Waals surface area contributed by atoms with E-state index in [0.717, 1.165) is 6.42 Å². The van der Waals surface area contributed by atoms with Gasteiger partial charge in [0.2, 0.25) is 0 Å². The van der Waals surface area contributed by atoms with E-state index < -0.39 is 18.8 Å². The molecule has 0 aliphatic heterocycles. The second kappa shape index (κ2) is 5.37. The summed E-state index contributed by atoms with van der Waals surface area (Å²) < 4.78 is 37.4. The quantitative estimate of drug-likeness (QED) is 0.831. The minimum atomic E-state index is -4.18. The zero-order valence-electron chi connectivity index (χ0n) is 11.6. The molecular weight excluding hydrogens is 243 g/mol. The average Bonchev–Trinajstić information content (AvgIpc) is 2.12. The van der Waals surface area contributed by atoms with E-state index in [0.29, 0.717) is 12.8 Å². The first kappa shape index (κ1) is 15.8. The van der Waals surface area contributed by atoms with E-state index in [1.807, 2.05) is 0 Å². The van der Waals surface area contributed by atoms with Crippen molar-refractivity contribution < 1.29 is 18.3 Å². The first-order valence-electron chi connectivity index (χ1n) is 6.46. The SMILES string of the molecule is CN(CC(F)(F)F)C1CC(O)CCC1C(C)(C)C. The molecule has 0 bridgehead atoms. The molecule has 1 aliphatic rings. The Morgan fingerprint density at radius 3 is 2.17 bits per heavy atom. The Balaban J connectivity index is 2.79. The largest absolute Gasteiger partial charge is 0.401 e. The zero-order chi connectivity index (χ0) is 14.1. The highest BCUT2D eigenvalue weighted by Gasteiger charge is 2.41. The van der Waals surface area contributed by atoms with Crippen LogP contribution in [-0.2, 0) is 0 Å². The first-order valence-corrected chi connectivity index (χ1v) is 6.46. The molecule has 0 aromatic rings. The van der Waals surface area contributed by atoms with Crippen LogP contribution in [-0.4, -0.2) is 41.9 Å². The van der Waals surface area contributed by atoms with Crippen molar-refractivity contribution in [2.75, 3.05) is 13.6 Å². The Kier molecular flexibility index (Phi) is 4.70. The molecule has 2 nitrogen and oxygen atoms in total. The van der Waals surface area contributed by atoms with Crippen molar-refractivity contribution in [3.63, 3.8) is 0 Å². The number of rotatable bonds is 2. The van der Waals surface area contributed by atoms with Gasteiger partial charge in [-0.3, -0.25) is 4.90 Å². The minimum absolute atomic E-state index is 0.0370. The molecule has 0 saturated heterocycles. The van der Waals surface area contributed by atoms with Gasteiger partial charge in [-0.05, 0) is 37.6 Å². The number of aliphatic hydroxyl groups excluding tert-OH is 1. The van der Waals surface area contributed by atoms with Gasteiger partial charge >= 0.3 is 6.18 Å². The summed E-state index contributed by atoms with van der Waals surface area (Å²) in [5, 5.41) is 9.70. The van der Waals surface area contributed by atoms with Gasteiger partial charge in [-0.25, -0.2) is 0 Å². The van der Waals surface area contributed by atoms with Crippen molar-refractivity contribution in [1.29, 1.82) is 0 Å². The summed E-state index contributed by atoms with van der Waals surface area (Å²) in [6, 6.07) is -0.199. The Morgan fingerprint density at radius 2 is 1.72 bits per heavy atom. The summed E-state index contributed by atoms with van der Waals surface area (Å²) in [5.41, 5.74) is -0.0370. The van der Waals surface area contributed by atoms with Crippen molar-refractivity contribution >= 4 is 0 Å². The van der Waals surface area contributed by atoms with Gasteiger partial charge in [0.1, 0.15) is 0 Å². The maximum Gasteiger partial charge on any atom is 0.401 e. The van der Waals surface area contributed by atoms with Crippen molar-refractivity contribution in [2.45, 2.75) is 58.4 Å². The number of alkyl halides is 3. The van der Waals surface area contributed by atoms with Gasteiger partial charge in [0.15, 0.2) is 0 Å². The molecule has 5 heteroatoms. The highest BCUT2D eigenvalue weighted by atomic mass is 19.4. The molecule has 0 amide bonds. The van der Waals surface area contributed by atoms with E-state index in [1.165, 1.54) is 11.9 Å². The highest BCUT2D eigenvalue weighted by molar-refractivity contribution is 4.92. The zero-order valence-corrected chi connectivity index (χ0v) is 11.6. The molecule has 1 fully saturated rings. The summed E-state index contributed by atoms with van der Waals surface area (Å²) >= 11 is 0. The van der Waals surface area contributed by atoms with Gasteiger partial charge in [0.05, 0.1) is 12.6 Å². The van der Waals surface area contributed by atoms with Crippen LogP contribution in [0.4, 0.5) is 13.2 Å². The number of nitrogens with zero attached hydrogens (tertiary/aromatic N) is 1. The molecule has 1 N–H and O–H groups in total. The van der Waals surface area contributed by atoms with E-state index in [2.05, 4.69) is 20.8 Å². The second-order valence-electron chi connectivity index (χ2n) is 6.54. The molecule has 18 heavy (non-hydrogen) atoms. The Morgan fingerprint density at radius 1 is 1.17 bits per heavy atom. The maximum absolute atomic E-state index is 12.5. The van der Waals surface area contributed by atoms with Crippen molar-refractivity contribution in [3.05, 3.63) is 0 Å². The van der Waals surface area contributed by atoms with Crippen LogP contribution in [0.1, 0.15) is 40.0 Å². The molecule has 0 spiro atoms. The van der Waals surface area contributed by atoms with Crippen LogP contribution < -0.4 is 0 Å². The van der Waals surface area contributed by atoms with Crippen LogP contribution in [0.25, 0.3) is 0 Å². The van der Waals surface area contributed by atoms with Crippen molar-refractivity contribution in [1.82, 2.24) is 4.90 Å². The molecule has 1 saturated carbocycles. The topological polar surface area (TPSA) is 23.5 Å². The number of halogens is 3. The lowest BCUT2D eigenvalue weighted by Crippen LogP contribution is -2.50. The minimum Gasteiger partial charge on any atom is -0.393 e. The smallest absolute Gasteiger partial charge is 0.393 e. The third kappa shape index (κ3) is 4.43. The van der Waals surface area contributed by atoms with Gasteiger partial charge in [-0.2, -0.15) is 13.2 Å². The van der Waals surface area contributed by atoms with Gasteiger partial charge in [0.25, 0.3) is 0 Å². The molecule has 1 aliphatic carbocycles. The van der Waals surface area contributed by atoms with E-state index >= 15 is 0 Å². The normalized spacial score (nSPS) is 30.8. The lowest BCUT2D eigenvalue weighted by Gasteiger charge is -2.46. The van der Waals surface area contributed by atoms with Crippen molar-refractivity contribution in [3.8, 4) is 0 Å². The van der Waals surface area contributed by atoms with Crippen molar-refractivity contribution in [2.24, 2.45) is 11.3 Å². The Labute approximate surface area is 107 Å². The molecule has 108 valence electrons. The molecule has 3 atom stereocenters. The number of aliphatic hydroxyl groups is 1. The average molecular weight is 267 g/mol. The van der Waals surface area contributed by atoms with Gasteiger partial charge in [-0.1, -0.05) is 20.8 Å². The molecule has 3 unspecified atom stereocenters. The summed E-state index contributed by atoms with van der Waals surface area (Å²) in [5.74, 6) is 0.188. The lowest BCUT2D eigenvalue weighted by atomic mass is 9.68. The van der Waals surface area contributed by atoms with Crippen LogP contribution in [0, 0.1) is 11.3 Å². The van der Waals surface area contributed by atoms with Crippen LogP contribution in [0.5, 0.6) is 0 Å². The van der Waals surface area contributed by atoms with Crippen LogP contribution in [0.3, 0.4) is 0 Å². The third-order valence-corrected chi connectivity index (χ3v) is 3.90. The number of hydrogen-bond donors (Lipinski definition) is 1. The molecule has 0 radical (unpaired) electrons. The van der Waals surface area contributed by atoms with E-state index in [1.54, 1.807) is 0 Å². The molecule has 0 heterocycles. The van der Waals surface area contributed by atoms with Crippen LogP contribution in [0.2, 0.25) is 0 Å². The first-order chi connectivity index (χ1) is 8.00. The Bertz CT molecular complexity index is 272. The number of hydrogen-bond acceptors (Lipinski definition) is 2. The Hall–Kier alpha value is -0.290. The predicted octanol–water partition coefficient (Wildman–Crippen LogP) is 3.06. The highest BCUT2D eigenvalue weighted by Crippen LogP contribution is 2.40. The van der Waals surface area contributed by atoms with Gasteiger partial charge in [-0.15, -0.1) is 0 Å². The third-order valence-electron chi connectivity index (χ3n) is 3.90. The predicted molar refractivity (Wildman–Crippen MR) is 65.3 cm³/mol. The van der Waals surface area contributed by atoms with Crippen LogP contribution in [0.15, 0.2) is 0 Å². The van der Waals surface area contributed by atoms with E-state index in [9.17, 15) is 18.3 Å². The standard InChI is InChI=1S/C13H24F3NO/c1-12(2,3)10-6-5-9(18)7-11(10)17(4)8-13(14,15)16/h9-11,18H,5-8H2,1-4H3.